The zero-order valence-electron chi connectivity index (χ0n) is 30.3. The molecular weight excluding hydrogens is 636 g/mol. The first kappa shape index (κ1) is 40.1. The van der Waals surface area contributed by atoms with Crippen LogP contribution in [0.25, 0.3) is 0 Å². The second-order valence-electron chi connectivity index (χ2n) is 14.1. The first-order valence-electron chi connectivity index (χ1n) is 16.9. The first-order chi connectivity index (χ1) is 23.6. The van der Waals surface area contributed by atoms with Crippen LogP contribution in [0, 0.1) is 5.92 Å². The predicted octanol–water partition coefficient (Wildman–Crippen LogP) is 4.14. The lowest BCUT2D eigenvalue weighted by atomic mass is 9.88. The van der Waals surface area contributed by atoms with Crippen molar-refractivity contribution in [3.05, 3.63) is 107 Å². The highest BCUT2D eigenvalue weighted by Gasteiger charge is 2.41. The van der Waals surface area contributed by atoms with Crippen LogP contribution in [0.5, 0.6) is 0 Å². The van der Waals surface area contributed by atoms with Crippen LogP contribution in [-0.2, 0) is 33.7 Å². The van der Waals surface area contributed by atoms with Gasteiger partial charge in [-0.15, -0.1) is 0 Å². The number of rotatable bonds is 17. The summed E-state index contributed by atoms with van der Waals surface area (Å²) in [6, 6.07) is 23.0. The van der Waals surface area contributed by atoms with Crippen LogP contribution in [0.4, 0.5) is 4.79 Å². The normalized spacial score (nSPS) is 14.8. The van der Waals surface area contributed by atoms with E-state index in [1.54, 1.807) is 58.0 Å². The molecule has 0 aliphatic carbocycles. The van der Waals surface area contributed by atoms with Gasteiger partial charge in [0.25, 0.3) is 5.91 Å². The molecule has 0 radical (unpaired) electrons. The van der Waals surface area contributed by atoms with Gasteiger partial charge in [-0.3, -0.25) is 14.5 Å². The van der Waals surface area contributed by atoms with Crippen LogP contribution in [0.2, 0.25) is 0 Å². The SMILES string of the molecule is CC(C)[C@@H](C(N)=O)N(COCc1ccccc1C(=O)N(C)C)[C@H](Cc1ccccc1)[C@H](O)[C@H](O)[C@H](Cc1ccccc1)NC(=O)OC(C)(C)C. The summed E-state index contributed by atoms with van der Waals surface area (Å²) in [6.45, 7) is 8.77. The Labute approximate surface area is 296 Å². The van der Waals surface area contributed by atoms with E-state index >= 15 is 0 Å². The highest BCUT2D eigenvalue weighted by molar-refractivity contribution is 5.95. The molecule has 3 amide bonds. The Morgan fingerprint density at radius 2 is 1.36 bits per heavy atom. The summed E-state index contributed by atoms with van der Waals surface area (Å²) < 4.78 is 11.7. The van der Waals surface area contributed by atoms with Crippen LogP contribution < -0.4 is 11.1 Å². The summed E-state index contributed by atoms with van der Waals surface area (Å²) >= 11 is 0. The molecule has 0 heterocycles. The summed E-state index contributed by atoms with van der Waals surface area (Å²) in [6.07, 6.45) is -3.37. The Balaban J connectivity index is 2.04. The van der Waals surface area contributed by atoms with Gasteiger partial charge in [-0.25, -0.2) is 4.79 Å². The summed E-state index contributed by atoms with van der Waals surface area (Å²) in [7, 11) is 3.34. The molecule has 11 nitrogen and oxygen atoms in total. The molecule has 3 aromatic carbocycles. The second kappa shape index (κ2) is 18.6. The van der Waals surface area contributed by atoms with E-state index in [1.165, 1.54) is 4.90 Å². The zero-order chi connectivity index (χ0) is 37.0. The number of carbonyl (C=O) groups excluding carboxylic acids is 3. The monoisotopic (exact) mass is 690 g/mol. The largest absolute Gasteiger partial charge is 0.444 e. The van der Waals surface area contributed by atoms with Crippen molar-refractivity contribution in [1.29, 1.82) is 0 Å². The van der Waals surface area contributed by atoms with Crippen molar-refractivity contribution in [3.8, 4) is 0 Å². The summed E-state index contributed by atoms with van der Waals surface area (Å²) in [5, 5.41) is 26.9. The minimum atomic E-state index is -1.52. The molecule has 0 aromatic heterocycles. The number of amides is 3. The number of carbonyl (C=O) groups is 3. The molecule has 50 heavy (non-hydrogen) atoms. The molecule has 0 unspecified atom stereocenters. The van der Waals surface area contributed by atoms with Crippen molar-refractivity contribution in [2.24, 2.45) is 11.7 Å². The number of ether oxygens (including phenoxy) is 2. The standard InChI is InChI=1S/C39H54N4O7/c1-26(2)33(36(40)46)43(25-49-24-29-20-14-15-21-30(29)37(47)42(6)7)32(23-28-18-12-9-13-19-28)35(45)34(44)31(22-27-16-10-8-11-17-27)41-38(48)50-39(3,4)5/h8-21,26,31-35,44-45H,22-25H2,1-7H3,(H2,40,46)(H,41,48)/t31-,32+,33-,34+,35-/m0/s1. The van der Waals surface area contributed by atoms with Crippen molar-refractivity contribution in [2.75, 3.05) is 20.8 Å². The number of benzene rings is 3. The highest BCUT2D eigenvalue weighted by Crippen LogP contribution is 2.25. The molecule has 11 heteroatoms. The maximum Gasteiger partial charge on any atom is 0.407 e. The maximum atomic E-state index is 13.1. The number of nitrogens with zero attached hydrogens (tertiary/aromatic N) is 2. The lowest BCUT2D eigenvalue weighted by molar-refractivity contribution is -0.138. The smallest absolute Gasteiger partial charge is 0.407 e. The molecule has 0 bridgehead atoms. The van der Waals surface area contributed by atoms with E-state index in [0.29, 0.717) is 11.1 Å². The molecule has 0 saturated heterocycles. The average molecular weight is 691 g/mol. The third-order valence-corrected chi connectivity index (χ3v) is 8.30. The number of nitrogens with one attached hydrogen (secondary N) is 1. The number of hydrogen-bond acceptors (Lipinski definition) is 8. The summed E-state index contributed by atoms with van der Waals surface area (Å²) in [4.78, 5) is 42.1. The van der Waals surface area contributed by atoms with E-state index in [4.69, 9.17) is 15.2 Å². The van der Waals surface area contributed by atoms with Crippen LogP contribution in [-0.4, -0.2) is 94.7 Å². The number of hydrogen-bond donors (Lipinski definition) is 4. The Kier molecular flexibility index (Phi) is 15.0. The quantitative estimate of drug-likeness (QED) is 0.154. The zero-order valence-corrected chi connectivity index (χ0v) is 30.3. The molecule has 5 atom stereocenters. The maximum absolute atomic E-state index is 13.1. The van der Waals surface area contributed by atoms with Gasteiger partial charge in [-0.2, -0.15) is 0 Å². The fraction of sp³-hybridized carbons (Fsp3) is 0.462. The van der Waals surface area contributed by atoms with Crippen molar-refractivity contribution >= 4 is 17.9 Å². The van der Waals surface area contributed by atoms with E-state index in [9.17, 15) is 24.6 Å². The average Bonchev–Trinajstić information content (AvgIpc) is 3.05. The predicted molar refractivity (Wildman–Crippen MR) is 193 cm³/mol. The highest BCUT2D eigenvalue weighted by atomic mass is 16.6. The molecule has 272 valence electrons. The van der Waals surface area contributed by atoms with E-state index in [1.807, 2.05) is 80.6 Å². The lowest BCUT2D eigenvalue weighted by Crippen LogP contribution is -2.62. The van der Waals surface area contributed by atoms with Gasteiger partial charge in [0, 0.05) is 25.7 Å². The van der Waals surface area contributed by atoms with Crippen LogP contribution in [0.3, 0.4) is 0 Å². The molecular formula is C39H54N4O7. The number of alkyl carbamates (subject to hydrolysis) is 1. The minimum Gasteiger partial charge on any atom is -0.444 e. The number of nitrogens with two attached hydrogens (primary N) is 1. The molecule has 0 fully saturated rings. The molecule has 0 spiro atoms. The molecule has 5 N–H and O–H groups in total. The van der Waals surface area contributed by atoms with Crippen molar-refractivity contribution in [1.82, 2.24) is 15.1 Å². The van der Waals surface area contributed by atoms with Crippen molar-refractivity contribution < 1.29 is 34.1 Å². The van der Waals surface area contributed by atoms with Gasteiger partial charge in [0.2, 0.25) is 5.91 Å². The first-order valence-corrected chi connectivity index (χ1v) is 16.9. The Morgan fingerprint density at radius 1 is 0.820 bits per heavy atom. The Hall–Kier alpha value is -4.29. The van der Waals surface area contributed by atoms with E-state index in [0.717, 1.165) is 11.1 Å². The topological polar surface area (TPSA) is 155 Å². The van der Waals surface area contributed by atoms with Gasteiger partial charge >= 0.3 is 6.09 Å². The minimum absolute atomic E-state index is 0.0311. The van der Waals surface area contributed by atoms with Gasteiger partial charge < -0.3 is 35.6 Å². The fourth-order valence-corrected chi connectivity index (χ4v) is 5.95. The molecule has 3 rings (SSSR count). The fourth-order valence-electron chi connectivity index (χ4n) is 5.95. The number of primary amides is 1. The van der Waals surface area contributed by atoms with Crippen LogP contribution in [0.1, 0.15) is 61.7 Å². The van der Waals surface area contributed by atoms with E-state index < -0.39 is 47.9 Å². The van der Waals surface area contributed by atoms with Crippen molar-refractivity contribution in [2.45, 2.75) is 90.0 Å². The number of aliphatic hydroxyl groups is 2. The second-order valence-corrected chi connectivity index (χ2v) is 14.1. The van der Waals surface area contributed by atoms with Gasteiger partial charge in [0.05, 0.1) is 24.8 Å². The van der Waals surface area contributed by atoms with Gasteiger partial charge in [0.15, 0.2) is 0 Å². The summed E-state index contributed by atoms with van der Waals surface area (Å²) in [5.41, 5.74) is 8.00. The van der Waals surface area contributed by atoms with E-state index in [2.05, 4.69) is 5.32 Å². The molecule has 0 aliphatic rings. The van der Waals surface area contributed by atoms with E-state index in [-0.39, 0.29) is 38.0 Å². The summed E-state index contributed by atoms with van der Waals surface area (Å²) in [5.74, 6) is -1.11. The van der Waals surface area contributed by atoms with Crippen molar-refractivity contribution in [3.63, 3.8) is 0 Å². The van der Waals surface area contributed by atoms with Gasteiger partial charge in [0.1, 0.15) is 18.4 Å². The third kappa shape index (κ3) is 11.9. The number of aliphatic hydroxyl groups excluding tert-OH is 2. The van der Waals surface area contributed by atoms with Crippen LogP contribution in [0.15, 0.2) is 84.9 Å². The van der Waals surface area contributed by atoms with Crippen LogP contribution >= 0.6 is 0 Å². The molecule has 3 aromatic rings. The molecule has 0 aliphatic heterocycles. The molecule has 0 saturated carbocycles. The van der Waals surface area contributed by atoms with Gasteiger partial charge in [-0.1, -0.05) is 92.7 Å². The third-order valence-electron chi connectivity index (χ3n) is 8.30. The lowest BCUT2D eigenvalue weighted by Gasteiger charge is -2.42. The Bertz CT molecular complexity index is 1510. The van der Waals surface area contributed by atoms with Gasteiger partial charge in [-0.05, 0) is 62.3 Å². The Morgan fingerprint density at radius 3 is 1.88 bits per heavy atom.